The van der Waals surface area contributed by atoms with Gasteiger partial charge in [0, 0.05) is 4.75 Å². The fourth-order valence-electron chi connectivity index (χ4n) is 1.08. The number of nitrogen functional groups attached to an aromatic ring is 1. The van der Waals surface area contributed by atoms with Crippen LogP contribution in [0.2, 0.25) is 0 Å². The highest BCUT2D eigenvalue weighted by Crippen LogP contribution is 2.23. The van der Waals surface area contributed by atoms with E-state index in [1.54, 1.807) is 23.9 Å². The summed E-state index contributed by atoms with van der Waals surface area (Å²) in [5.74, 6) is 0.426. The lowest BCUT2D eigenvalue weighted by molar-refractivity contribution is -0.113. The predicted octanol–water partition coefficient (Wildman–Crippen LogP) is 3.16. The Hall–Kier alpha value is -0.870. The number of nitrogens with one attached hydrogen (secondary N) is 1. The van der Waals surface area contributed by atoms with Crippen LogP contribution >= 0.6 is 24.2 Å². The molecule has 0 aromatic heterocycles. The molecular weight excluding hydrogens is 256 g/mol. The van der Waals surface area contributed by atoms with Crippen molar-refractivity contribution in [3.63, 3.8) is 0 Å². The molecule has 3 nitrogen and oxygen atoms in total. The van der Waals surface area contributed by atoms with E-state index in [2.05, 4.69) is 26.1 Å². The van der Waals surface area contributed by atoms with Crippen LogP contribution in [0, 0.1) is 0 Å². The molecule has 5 heteroatoms. The van der Waals surface area contributed by atoms with Gasteiger partial charge in [-0.1, -0.05) is 32.9 Å². The van der Waals surface area contributed by atoms with E-state index in [9.17, 15) is 4.79 Å². The van der Waals surface area contributed by atoms with Gasteiger partial charge in [0.25, 0.3) is 0 Å². The molecular formula is C12H19ClN2OS. The Morgan fingerprint density at radius 3 is 2.47 bits per heavy atom. The van der Waals surface area contributed by atoms with Crippen molar-refractivity contribution in [1.82, 2.24) is 0 Å². The molecule has 0 bridgehead atoms. The van der Waals surface area contributed by atoms with Crippen molar-refractivity contribution in [2.24, 2.45) is 0 Å². The van der Waals surface area contributed by atoms with Crippen molar-refractivity contribution in [3.05, 3.63) is 24.3 Å². The van der Waals surface area contributed by atoms with Crippen molar-refractivity contribution in [3.8, 4) is 0 Å². The van der Waals surface area contributed by atoms with Crippen LogP contribution < -0.4 is 11.1 Å². The van der Waals surface area contributed by atoms with Gasteiger partial charge in [0.15, 0.2) is 0 Å². The van der Waals surface area contributed by atoms with Gasteiger partial charge in [0.1, 0.15) is 0 Å². The summed E-state index contributed by atoms with van der Waals surface area (Å²) in [7, 11) is 0. The Morgan fingerprint density at radius 1 is 1.35 bits per heavy atom. The number of halogens is 1. The van der Waals surface area contributed by atoms with E-state index >= 15 is 0 Å². The van der Waals surface area contributed by atoms with Gasteiger partial charge in [0.05, 0.1) is 17.1 Å². The summed E-state index contributed by atoms with van der Waals surface area (Å²) >= 11 is 1.61. The largest absolute Gasteiger partial charge is 0.397 e. The summed E-state index contributed by atoms with van der Waals surface area (Å²) in [6.07, 6.45) is 0. The molecule has 1 amide bonds. The number of benzene rings is 1. The molecule has 0 saturated heterocycles. The number of para-hydroxylation sites is 2. The van der Waals surface area contributed by atoms with E-state index in [0.29, 0.717) is 17.1 Å². The van der Waals surface area contributed by atoms with Crippen molar-refractivity contribution < 1.29 is 4.79 Å². The van der Waals surface area contributed by atoms with Gasteiger partial charge in [-0.25, -0.2) is 0 Å². The van der Waals surface area contributed by atoms with E-state index in [0.717, 1.165) is 0 Å². The first kappa shape index (κ1) is 16.1. The first-order valence-corrected chi connectivity index (χ1v) is 6.15. The van der Waals surface area contributed by atoms with E-state index in [1.165, 1.54) is 0 Å². The average molecular weight is 275 g/mol. The van der Waals surface area contributed by atoms with Gasteiger partial charge in [-0.3, -0.25) is 4.79 Å². The number of amides is 1. The van der Waals surface area contributed by atoms with Crippen molar-refractivity contribution in [2.75, 3.05) is 16.8 Å². The first-order chi connectivity index (χ1) is 7.38. The number of thioether (sulfide) groups is 1. The van der Waals surface area contributed by atoms with Crippen LogP contribution in [0.5, 0.6) is 0 Å². The summed E-state index contributed by atoms with van der Waals surface area (Å²) in [6.45, 7) is 6.26. The lowest BCUT2D eigenvalue weighted by Gasteiger charge is -2.17. The van der Waals surface area contributed by atoms with Gasteiger partial charge in [-0.05, 0) is 12.1 Å². The Kier molecular flexibility index (Phi) is 6.42. The zero-order chi connectivity index (χ0) is 12.2. The highest BCUT2D eigenvalue weighted by atomic mass is 35.5. The molecule has 0 fully saturated rings. The molecule has 0 unspecified atom stereocenters. The Labute approximate surface area is 113 Å². The molecule has 1 aromatic carbocycles. The van der Waals surface area contributed by atoms with Crippen LogP contribution in [-0.4, -0.2) is 16.4 Å². The quantitative estimate of drug-likeness (QED) is 0.833. The third kappa shape index (κ3) is 6.44. The van der Waals surface area contributed by atoms with Gasteiger partial charge < -0.3 is 11.1 Å². The molecule has 0 saturated carbocycles. The zero-order valence-corrected chi connectivity index (χ0v) is 12.0. The van der Waals surface area contributed by atoms with Gasteiger partial charge in [-0.2, -0.15) is 0 Å². The normalized spacial score (nSPS) is 10.5. The maximum absolute atomic E-state index is 11.6. The molecule has 0 atom stereocenters. The van der Waals surface area contributed by atoms with Crippen molar-refractivity contribution in [1.29, 1.82) is 0 Å². The first-order valence-electron chi connectivity index (χ1n) is 5.17. The minimum absolute atomic E-state index is 0. The smallest absolute Gasteiger partial charge is 0.234 e. The lowest BCUT2D eigenvalue weighted by atomic mass is 10.3. The molecule has 17 heavy (non-hydrogen) atoms. The number of carbonyl (C=O) groups is 1. The van der Waals surface area contributed by atoms with Crippen LogP contribution in [0.15, 0.2) is 24.3 Å². The van der Waals surface area contributed by atoms with Crippen LogP contribution in [0.4, 0.5) is 11.4 Å². The lowest BCUT2D eigenvalue weighted by Crippen LogP contribution is -2.19. The summed E-state index contributed by atoms with van der Waals surface area (Å²) in [6, 6.07) is 7.26. The second-order valence-electron chi connectivity index (χ2n) is 4.54. The number of hydrogen-bond donors (Lipinski definition) is 2. The third-order valence-corrected chi connectivity index (χ3v) is 3.14. The highest BCUT2D eigenvalue weighted by Gasteiger charge is 2.13. The Balaban J connectivity index is 0.00000256. The van der Waals surface area contributed by atoms with E-state index in [-0.39, 0.29) is 23.1 Å². The number of nitrogens with two attached hydrogens (primary N) is 1. The van der Waals surface area contributed by atoms with Crippen LogP contribution in [0.1, 0.15) is 20.8 Å². The molecule has 1 rings (SSSR count). The maximum Gasteiger partial charge on any atom is 0.234 e. The zero-order valence-electron chi connectivity index (χ0n) is 10.3. The van der Waals surface area contributed by atoms with Gasteiger partial charge in [-0.15, -0.1) is 24.2 Å². The minimum atomic E-state index is -0.0159. The molecule has 0 heterocycles. The summed E-state index contributed by atoms with van der Waals surface area (Å²) in [4.78, 5) is 11.6. The average Bonchev–Trinajstić information content (AvgIpc) is 2.18. The number of hydrogen-bond acceptors (Lipinski definition) is 3. The number of carbonyl (C=O) groups excluding carboxylic acids is 1. The summed E-state index contributed by atoms with van der Waals surface area (Å²) in [5.41, 5.74) is 7.01. The highest BCUT2D eigenvalue weighted by molar-refractivity contribution is 8.01. The monoisotopic (exact) mass is 274 g/mol. The molecule has 96 valence electrons. The van der Waals surface area contributed by atoms with E-state index in [4.69, 9.17) is 5.73 Å². The minimum Gasteiger partial charge on any atom is -0.397 e. The summed E-state index contributed by atoms with van der Waals surface area (Å²) < 4.78 is 0.0968. The van der Waals surface area contributed by atoms with Crippen LogP contribution in [0.3, 0.4) is 0 Å². The number of rotatable bonds is 3. The predicted molar refractivity (Wildman–Crippen MR) is 78.9 cm³/mol. The fourth-order valence-corrected chi connectivity index (χ4v) is 1.72. The second kappa shape index (κ2) is 6.77. The van der Waals surface area contributed by atoms with E-state index in [1.807, 2.05) is 12.1 Å². The molecule has 0 aliphatic heterocycles. The third-order valence-electron chi connectivity index (χ3n) is 1.87. The molecule has 3 N–H and O–H groups in total. The Morgan fingerprint density at radius 2 is 1.94 bits per heavy atom. The summed E-state index contributed by atoms with van der Waals surface area (Å²) in [5, 5.41) is 2.80. The Bertz CT molecular complexity index is 377. The van der Waals surface area contributed by atoms with Gasteiger partial charge in [0.2, 0.25) is 5.91 Å². The molecule has 0 spiro atoms. The molecule has 0 radical (unpaired) electrons. The topological polar surface area (TPSA) is 55.1 Å². The SMILES string of the molecule is CC(C)(C)SCC(=O)Nc1ccccc1N.Cl. The van der Waals surface area contributed by atoms with E-state index < -0.39 is 0 Å². The van der Waals surface area contributed by atoms with Gasteiger partial charge >= 0.3 is 0 Å². The number of anilines is 2. The van der Waals surface area contributed by atoms with Crippen molar-refractivity contribution >= 4 is 41.5 Å². The maximum atomic E-state index is 11.6. The fraction of sp³-hybridized carbons (Fsp3) is 0.417. The van der Waals surface area contributed by atoms with Crippen LogP contribution in [-0.2, 0) is 4.79 Å². The molecule has 0 aliphatic carbocycles. The van der Waals surface area contributed by atoms with Crippen molar-refractivity contribution in [2.45, 2.75) is 25.5 Å². The molecule has 0 aliphatic rings. The second-order valence-corrected chi connectivity index (χ2v) is 6.34. The van der Waals surface area contributed by atoms with Crippen LogP contribution in [0.25, 0.3) is 0 Å². The molecule has 1 aromatic rings. The standard InChI is InChI=1S/C12H18N2OS.ClH/c1-12(2,3)16-8-11(15)14-10-7-5-4-6-9(10)13;/h4-7H,8,13H2,1-3H3,(H,14,15);1H.